The molecule has 1 amide bonds. The molecule has 0 bridgehead atoms. The normalized spacial score (nSPS) is 10.8. The van der Waals surface area contributed by atoms with Crippen molar-refractivity contribution in [2.75, 3.05) is 5.32 Å². The summed E-state index contributed by atoms with van der Waals surface area (Å²) in [5, 5.41) is 16.3. The van der Waals surface area contributed by atoms with Crippen LogP contribution in [0.2, 0.25) is 0 Å². The molecule has 2 heterocycles. The lowest BCUT2D eigenvalue weighted by atomic mass is 10.1. The number of thiazole rings is 1. The lowest BCUT2D eigenvalue weighted by Gasteiger charge is -2.04. The molecule has 7 nitrogen and oxygen atoms in total. The highest BCUT2D eigenvalue weighted by Crippen LogP contribution is 2.29. The molecule has 0 aliphatic carbocycles. The molecule has 0 aliphatic heterocycles. The summed E-state index contributed by atoms with van der Waals surface area (Å²) in [5.41, 5.74) is 3.85. The average molecular weight is 428 g/mol. The third kappa shape index (κ3) is 5.06. The van der Waals surface area contributed by atoms with Gasteiger partial charge in [0.25, 0.3) is 5.69 Å². The highest BCUT2D eigenvalue weighted by Gasteiger charge is 2.09. The van der Waals surface area contributed by atoms with Crippen LogP contribution < -0.4 is 5.32 Å². The van der Waals surface area contributed by atoms with Gasteiger partial charge >= 0.3 is 0 Å². The molecule has 0 saturated heterocycles. The number of hydrogen-bond donors (Lipinski definition) is 1. The summed E-state index contributed by atoms with van der Waals surface area (Å²) in [6.45, 7) is 0. The number of nitro groups is 1. The zero-order valence-corrected chi connectivity index (χ0v) is 17.0. The van der Waals surface area contributed by atoms with Crippen molar-refractivity contribution in [3.63, 3.8) is 0 Å². The Morgan fingerprint density at radius 3 is 2.61 bits per heavy atom. The second-order valence-electron chi connectivity index (χ2n) is 6.50. The van der Waals surface area contributed by atoms with Crippen molar-refractivity contribution in [1.29, 1.82) is 0 Å². The number of hydrogen-bond acceptors (Lipinski definition) is 6. The molecule has 0 saturated carbocycles. The Hall–Kier alpha value is -4.17. The van der Waals surface area contributed by atoms with Gasteiger partial charge < -0.3 is 5.32 Å². The van der Waals surface area contributed by atoms with Gasteiger partial charge in [0.2, 0.25) is 5.91 Å². The average Bonchev–Trinajstić information content (AvgIpc) is 3.29. The molecule has 0 aliphatic rings. The number of benzene rings is 2. The van der Waals surface area contributed by atoms with Crippen molar-refractivity contribution < 1.29 is 9.72 Å². The van der Waals surface area contributed by atoms with Crippen molar-refractivity contribution in [2.24, 2.45) is 0 Å². The molecule has 31 heavy (non-hydrogen) atoms. The van der Waals surface area contributed by atoms with Gasteiger partial charge in [-0.2, -0.15) is 0 Å². The predicted octanol–water partition coefficient (Wildman–Crippen LogP) is 5.43. The van der Waals surface area contributed by atoms with Crippen LogP contribution in [0.5, 0.6) is 0 Å². The Labute approximate surface area is 181 Å². The molecular weight excluding hydrogens is 412 g/mol. The van der Waals surface area contributed by atoms with Gasteiger partial charge in [0.15, 0.2) is 0 Å². The third-order valence-electron chi connectivity index (χ3n) is 4.35. The van der Waals surface area contributed by atoms with Gasteiger partial charge in [0.05, 0.1) is 16.3 Å². The quantitative estimate of drug-likeness (QED) is 0.251. The fourth-order valence-corrected chi connectivity index (χ4v) is 3.64. The lowest BCUT2D eigenvalue weighted by molar-refractivity contribution is -0.384. The first-order valence-corrected chi connectivity index (χ1v) is 10.2. The van der Waals surface area contributed by atoms with Crippen LogP contribution in [0.25, 0.3) is 28.0 Å². The molecule has 152 valence electrons. The molecular formula is C23H16N4O3S. The molecule has 0 fully saturated rings. The summed E-state index contributed by atoms with van der Waals surface area (Å²) in [4.78, 5) is 31.5. The van der Waals surface area contributed by atoms with Gasteiger partial charge in [-0.1, -0.05) is 18.2 Å². The molecule has 8 heteroatoms. The van der Waals surface area contributed by atoms with E-state index in [-0.39, 0.29) is 11.6 Å². The van der Waals surface area contributed by atoms with Gasteiger partial charge in [-0.15, -0.1) is 11.3 Å². The highest BCUT2D eigenvalue weighted by atomic mass is 32.1. The zero-order valence-electron chi connectivity index (χ0n) is 16.1. The van der Waals surface area contributed by atoms with Crippen LogP contribution in [-0.2, 0) is 4.79 Å². The molecule has 0 radical (unpaired) electrons. The topological polar surface area (TPSA) is 98.0 Å². The maximum atomic E-state index is 12.3. The number of carbonyl (C=O) groups is 1. The number of non-ortho nitro benzene ring substituents is 1. The van der Waals surface area contributed by atoms with Crippen molar-refractivity contribution >= 4 is 34.7 Å². The van der Waals surface area contributed by atoms with E-state index in [4.69, 9.17) is 0 Å². The fraction of sp³-hybridized carbons (Fsp3) is 0. The van der Waals surface area contributed by atoms with Crippen molar-refractivity contribution in [1.82, 2.24) is 9.97 Å². The minimum atomic E-state index is -0.463. The second kappa shape index (κ2) is 9.10. The van der Waals surface area contributed by atoms with E-state index in [0.29, 0.717) is 11.3 Å². The van der Waals surface area contributed by atoms with E-state index < -0.39 is 4.92 Å². The number of rotatable bonds is 6. The first-order valence-electron chi connectivity index (χ1n) is 9.29. The first-order chi connectivity index (χ1) is 15.1. The summed E-state index contributed by atoms with van der Waals surface area (Å²) in [6, 6.07) is 19.1. The van der Waals surface area contributed by atoms with Crippen LogP contribution in [0.4, 0.5) is 11.4 Å². The van der Waals surface area contributed by atoms with E-state index >= 15 is 0 Å². The van der Waals surface area contributed by atoms with Gasteiger partial charge in [0, 0.05) is 41.0 Å². The standard InChI is InChI=1S/C23H16N4O3S/c28-22(12-9-16-7-10-19(11-8-16)27(29)30)25-18-5-3-4-17(14-18)21-15-31-23(26-21)20-6-1-2-13-24-20/h1-15H,(H,25,28)/b12-9+. The molecule has 2 aromatic carbocycles. The Bertz CT molecular complexity index is 1250. The molecule has 2 aromatic heterocycles. The van der Waals surface area contributed by atoms with E-state index in [1.807, 2.05) is 41.8 Å². The SMILES string of the molecule is O=C(/C=C/c1ccc([N+](=O)[O-])cc1)Nc1cccc(-c2csc(-c3ccccn3)n2)c1. The van der Waals surface area contributed by atoms with E-state index in [2.05, 4.69) is 15.3 Å². The number of nitrogens with one attached hydrogen (secondary N) is 1. The van der Waals surface area contributed by atoms with Crippen LogP contribution in [0, 0.1) is 10.1 Å². The maximum absolute atomic E-state index is 12.3. The number of amides is 1. The summed E-state index contributed by atoms with van der Waals surface area (Å²) < 4.78 is 0. The van der Waals surface area contributed by atoms with Crippen molar-refractivity contribution in [3.8, 4) is 22.0 Å². The Morgan fingerprint density at radius 1 is 1.03 bits per heavy atom. The van der Waals surface area contributed by atoms with Gasteiger partial charge in [-0.3, -0.25) is 19.9 Å². The molecule has 0 unspecified atom stereocenters. The smallest absolute Gasteiger partial charge is 0.269 e. The van der Waals surface area contributed by atoms with Gasteiger partial charge in [-0.05, 0) is 48.0 Å². The highest BCUT2D eigenvalue weighted by molar-refractivity contribution is 7.13. The minimum Gasteiger partial charge on any atom is -0.322 e. The first kappa shape index (κ1) is 20.1. The number of carbonyl (C=O) groups excluding carboxylic acids is 1. The number of anilines is 1. The maximum Gasteiger partial charge on any atom is 0.269 e. The van der Waals surface area contributed by atoms with Crippen LogP contribution in [0.3, 0.4) is 0 Å². The second-order valence-corrected chi connectivity index (χ2v) is 7.36. The monoisotopic (exact) mass is 428 g/mol. The zero-order chi connectivity index (χ0) is 21.6. The summed E-state index contributed by atoms with van der Waals surface area (Å²) in [5.74, 6) is -0.303. The van der Waals surface area contributed by atoms with Crippen LogP contribution in [-0.4, -0.2) is 20.8 Å². The number of nitrogens with zero attached hydrogens (tertiary/aromatic N) is 3. The molecule has 1 N–H and O–H groups in total. The third-order valence-corrected chi connectivity index (χ3v) is 5.21. The largest absolute Gasteiger partial charge is 0.322 e. The van der Waals surface area contributed by atoms with Gasteiger partial charge in [-0.25, -0.2) is 4.98 Å². The Kier molecular flexibility index (Phi) is 5.91. The number of pyridine rings is 1. The van der Waals surface area contributed by atoms with Crippen molar-refractivity contribution in [3.05, 3.63) is 100 Å². The number of nitro benzene ring substituents is 1. The number of aromatic nitrogens is 2. The fourth-order valence-electron chi connectivity index (χ4n) is 2.83. The van der Waals surface area contributed by atoms with E-state index in [1.165, 1.54) is 29.5 Å². The molecule has 0 atom stereocenters. The molecule has 4 aromatic rings. The molecule has 4 rings (SSSR count). The molecule has 0 spiro atoms. The summed E-state index contributed by atoms with van der Waals surface area (Å²) >= 11 is 1.51. The Balaban J connectivity index is 1.44. The summed E-state index contributed by atoms with van der Waals surface area (Å²) in [7, 11) is 0. The van der Waals surface area contributed by atoms with Crippen LogP contribution >= 0.6 is 11.3 Å². The van der Waals surface area contributed by atoms with Crippen molar-refractivity contribution in [2.45, 2.75) is 0 Å². The van der Waals surface area contributed by atoms with E-state index in [0.717, 1.165) is 22.0 Å². The summed E-state index contributed by atoms with van der Waals surface area (Å²) in [6.07, 6.45) is 4.72. The van der Waals surface area contributed by atoms with Crippen LogP contribution in [0.1, 0.15) is 5.56 Å². The Morgan fingerprint density at radius 2 is 1.87 bits per heavy atom. The van der Waals surface area contributed by atoms with E-state index in [9.17, 15) is 14.9 Å². The predicted molar refractivity (Wildman–Crippen MR) is 122 cm³/mol. The lowest BCUT2D eigenvalue weighted by Crippen LogP contribution is -2.07. The van der Waals surface area contributed by atoms with Crippen LogP contribution in [0.15, 0.2) is 84.4 Å². The minimum absolute atomic E-state index is 0.00617. The van der Waals surface area contributed by atoms with Gasteiger partial charge in [0.1, 0.15) is 5.01 Å². The van der Waals surface area contributed by atoms with E-state index in [1.54, 1.807) is 30.5 Å².